The molecule has 4 aromatic carbocycles. The average molecular weight is 1090 g/mol. The van der Waals surface area contributed by atoms with Crippen LogP contribution in [0.2, 0.25) is 0 Å². The fourth-order valence-electron chi connectivity index (χ4n) is 6.06. The smallest absolute Gasteiger partial charge is 0.369 e. The molecule has 338 valence electrons. The van der Waals surface area contributed by atoms with E-state index in [4.69, 9.17) is 18.3 Å². The number of benzene rings is 4. The summed E-state index contributed by atoms with van der Waals surface area (Å²) >= 11 is 9.31. The van der Waals surface area contributed by atoms with Crippen LogP contribution in [0.15, 0.2) is 119 Å². The summed E-state index contributed by atoms with van der Waals surface area (Å²) in [5.41, 5.74) is 8.00. The number of nitrogens with two attached hydrogens (primary N) is 1. The van der Waals surface area contributed by atoms with Crippen molar-refractivity contribution >= 4 is 84.2 Å². The number of halogens is 3. The summed E-state index contributed by atoms with van der Waals surface area (Å²) in [7, 11) is -0.886. The van der Waals surface area contributed by atoms with E-state index in [-0.39, 0.29) is 56.7 Å². The first kappa shape index (κ1) is 55.4. The molecule has 0 saturated heterocycles. The van der Waals surface area contributed by atoms with Crippen LogP contribution in [0.5, 0.6) is 11.5 Å². The molecule has 0 spiro atoms. The molecule has 4 atom stereocenters. The molecule has 0 aliphatic rings. The maximum Gasteiger partial charge on any atom is 0.369 e. The van der Waals surface area contributed by atoms with E-state index in [1.807, 2.05) is 88.4 Å². The summed E-state index contributed by atoms with van der Waals surface area (Å²) in [6.45, 7) is 7.81. The van der Waals surface area contributed by atoms with Crippen LogP contribution >= 0.6 is 47.3 Å². The summed E-state index contributed by atoms with van der Waals surface area (Å²) in [5, 5.41) is 33.4. The number of aliphatic hydroxyl groups is 2. The van der Waals surface area contributed by atoms with Crippen molar-refractivity contribution in [3.63, 3.8) is 0 Å². The van der Waals surface area contributed by atoms with E-state index in [0.717, 1.165) is 11.1 Å². The van der Waals surface area contributed by atoms with Gasteiger partial charge < -0.3 is 31.1 Å². The number of phenols is 1. The zero-order valence-corrected chi connectivity index (χ0v) is 41.9. The van der Waals surface area contributed by atoms with E-state index >= 15 is 0 Å². The number of aromatic hydroxyl groups is 1. The Bertz CT molecular complexity index is 2110. The van der Waals surface area contributed by atoms with E-state index in [2.05, 4.69) is 52.6 Å². The van der Waals surface area contributed by atoms with Crippen LogP contribution in [0.4, 0.5) is 4.79 Å². The Kier molecular flexibility index (Phi) is 24.6. The molecule has 13 nitrogen and oxygen atoms in total. The van der Waals surface area contributed by atoms with Crippen molar-refractivity contribution < 1.29 is 41.7 Å². The minimum Gasteiger partial charge on any atom is -0.508 e. The van der Waals surface area contributed by atoms with Crippen molar-refractivity contribution in [2.24, 2.45) is 17.6 Å². The molecule has 6 N–H and O–H groups in total. The highest BCUT2D eigenvalue weighted by Crippen LogP contribution is 2.23. The molecule has 0 aromatic heterocycles. The molecule has 0 bridgehead atoms. The van der Waals surface area contributed by atoms with Gasteiger partial charge in [0, 0.05) is 32.2 Å². The summed E-state index contributed by atoms with van der Waals surface area (Å²) in [6.07, 6.45) is -1.41. The topological polar surface area (TPSA) is 200 Å². The van der Waals surface area contributed by atoms with E-state index in [0.29, 0.717) is 18.6 Å². The minimum atomic E-state index is -3.88. The molecular formula is C42H57B2Br3N4O9S2. The molecule has 4 aromatic rings. The Hall–Kier alpha value is -2.78. The summed E-state index contributed by atoms with van der Waals surface area (Å²) < 4.78 is 60.4. The van der Waals surface area contributed by atoms with E-state index in [1.54, 1.807) is 12.1 Å². The Labute approximate surface area is 394 Å². The molecule has 2 radical (unpaired) electrons. The second kappa shape index (κ2) is 27.5. The fourth-order valence-corrected chi connectivity index (χ4v) is 9.30. The van der Waals surface area contributed by atoms with Gasteiger partial charge in [0.05, 0.1) is 35.2 Å². The van der Waals surface area contributed by atoms with Crippen LogP contribution in [0.1, 0.15) is 38.8 Å². The van der Waals surface area contributed by atoms with Gasteiger partial charge >= 0.3 is 3.18 Å². The monoisotopic (exact) mass is 1080 g/mol. The van der Waals surface area contributed by atoms with E-state index < -0.39 is 50.1 Å². The van der Waals surface area contributed by atoms with Gasteiger partial charge in [-0.25, -0.2) is 16.8 Å². The van der Waals surface area contributed by atoms with Gasteiger partial charge in [-0.1, -0.05) is 88.4 Å². The minimum absolute atomic E-state index is 0.00530. The molecule has 0 fully saturated rings. The van der Waals surface area contributed by atoms with Crippen LogP contribution in [0.3, 0.4) is 0 Å². The maximum atomic E-state index is 13.3. The molecule has 62 heavy (non-hydrogen) atoms. The van der Waals surface area contributed by atoms with Crippen LogP contribution in [-0.2, 0) is 32.9 Å². The van der Waals surface area contributed by atoms with Gasteiger partial charge in [0.2, 0.25) is 27.9 Å². The first-order valence-electron chi connectivity index (χ1n) is 19.7. The maximum absolute atomic E-state index is 13.3. The highest BCUT2D eigenvalue weighted by molar-refractivity contribution is 9.69. The van der Waals surface area contributed by atoms with E-state index in [1.165, 1.54) is 52.1 Å². The zero-order valence-electron chi connectivity index (χ0n) is 35.5. The Morgan fingerprint density at radius 1 is 0.694 bits per heavy atom. The number of aliphatic hydroxyl groups excluding tert-OH is 2. The van der Waals surface area contributed by atoms with Gasteiger partial charge in [-0.15, -0.1) is 47.3 Å². The summed E-state index contributed by atoms with van der Waals surface area (Å²) in [6, 6.07) is 29.0. The predicted octanol–water partition coefficient (Wildman–Crippen LogP) is 6.32. The van der Waals surface area contributed by atoms with Gasteiger partial charge in [-0.05, 0) is 84.3 Å². The van der Waals surface area contributed by atoms with Crippen molar-refractivity contribution in [2.45, 2.75) is 74.6 Å². The third kappa shape index (κ3) is 19.9. The van der Waals surface area contributed by atoms with Gasteiger partial charge in [0.1, 0.15) is 11.5 Å². The van der Waals surface area contributed by atoms with Crippen molar-refractivity contribution in [3.8, 4) is 11.5 Å². The van der Waals surface area contributed by atoms with Crippen LogP contribution in [0.25, 0.3) is 0 Å². The number of phenolic OH excluding ortho intramolecular Hbond substituents is 1. The molecule has 0 aliphatic heterocycles. The van der Waals surface area contributed by atoms with Crippen molar-refractivity contribution in [3.05, 3.63) is 120 Å². The lowest BCUT2D eigenvalue weighted by Crippen LogP contribution is -2.50. The SMILES string of the molecule is BrB(Br)Br.CC(C)CN(C[C@@H](O)[C@@H](N)Cc1ccccc1)S(=O)(=O)c1ccc(O)cc1.[B]C(=O)N[C@@H](Cc1ccccc1)[C@H](O)CN(CC(C)C)S(=O)(=O)c1ccc(OC)cc1. The fraction of sp³-hybridized carbons (Fsp3) is 0.405. The normalized spacial score (nSPS) is 13.6. The first-order chi connectivity index (χ1) is 29.1. The van der Waals surface area contributed by atoms with Crippen molar-refractivity contribution in [1.82, 2.24) is 13.9 Å². The van der Waals surface area contributed by atoms with Gasteiger partial charge in [0.15, 0.2) is 5.81 Å². The van der Waals surface area contributed by atoms with Crippen LogP contribution in [-0.4, -0.2) is 115 Å². The lowest BCUT2D eigenvalue weighted by atomic mass is 9.99. The number of methoxy groups -OCH3 is 1. The second-order valence-electron chi connectivity index (χ2n) is 15.1. The number of ether oxygens (including phenoxy) is 1. The number of hydrogen-bond acceptors (Lipinski definition) is 10. The third-order valence-corrected chi connectivity index (χ3v) is 12.7. The number of nitrogens with zero attached hydrogens (tertiary/aromatic N) is 2. The lowest BCUT2D eigenvalue weighted by Gasteiger charge is -2.30. The number of amides is 1. The van der Waals surface area contributed by atoms with Crippen LogP contribution < -0.4 is 15.8 Å². The standard InChI is InChI=1S/C22H29BN2O5S.C20H28N2O4S.BBr3/c1-16(2)14-25(31(28,29)19-11-9-18(30-3)10-12-19)15-21(26)20(24-22(23)27)13-17-7-5-4-6-8-17;1-15(2)13-22(27(25,26)18-10-8-17(23)9-11-18)14-20(24)19(21)12-16-6-4-3-5-7-16;2-1(3)4/h4-12,16,20-21,26H,13-15H2,1-3H3,(H,24,27);3-11,15,19-20,23-24H,12-14,21H2,1-2H3;/t20-,21+;19-,20+;/m00./s1. The molecule has 0 aliphatic carbocycles. The quantitative estimate of drug-likeness (QED) is 0.0625. The molecule has 0 heterocycles. The van der Waals surface area contributed by atoms with Gasteiger partial charge in [0.25, 0.3) is 0 Å². The molecule has 0 unspecified atom stereocenters. The molecule has 4 rings (SSSR count). The van der Waals surface area contributed by atoms with Crippen molar-refractivity contribution in [2.75, 3.05) is 33.3 Å². The first-order valence-corrected chi connectivity index (χ1v) is 25.3. The molecular weight excluding hydrogens is 1030 g/mol. The number of nitrogens with one attached hydrogen (secondary N) is 1. The number of sulfonamides is 2. The second-order valence-corrected chi connectivity index (χ2v) is 25.5. The molecule has 20 heteroatoms. The highest BCUT2D eigenvalue weighted by Gasteiger charge is 2.32. The summed E-state index contributed by atoms with van der Waals surface area (Å²) in [5.74, 6) is -0.142. The largest absolute Gasteiger partial charge is 0.508 e. The number of carbonyl (C=O) groups is 1. The number of hydrogen-bond donors (Lipinski definition) is 5. The number of carbonyl (C=O) groups excluding carboxylic acids is 1. The highest BCUT2D eigenvalue weighted by atomic mass is 79.9. The van der Waals surface area contributed by atoms with Gasteiger partial charge in [-0.3, -0.25) is 4.79 Å². The summed E-state index contributed by atoms with van der Waals surface area (Å²) in [4.78, 5) is 11.7. The Balaban J connectivity index is 0.000000396. The Morgan fingerprint density at radius 2 is 1.08 bits per heavy atom. The zero-order chi connectivity index (χ0) is 46.6. The molecule has 1 amide bonds. The predicted molar refractivity (Wildman–Crippen MR) is 259 cm³/mol. The van der Waals surface area contributed by atoms with Gasteiger partial charge in [-0.2, -0.15) is 8.61 Å². The average Bonchev–Trinajstić information content (AvgIpc) is 3.20. The Morgan fingerprint density at radius 3 is 1.47 bits per heavy atom. The molecule has 0 saturated carbocycles. The van der Waals surface area contributed by atoms with E-state index in [9.17, 15) is 36.9 Å². The third-order valence-electron chi connectivity index (χ3n) is 8.99. The number of rotatable bonds is 20. The lowest BCUT2D eigenvalue weighted by molar-refractivity contribution is 0.106. The van der Waals surface area contributed by atoms with Crippen LogP contribution in [0, 0.1) is 11.8 Å². The van der Waals surface area contributed by atoms with Crippen molar-refractivity contribution in [1.29, 1.82) is 0 Å².